The molecule has 0 atom stereocenters. The predicted octanol–water partition coefficient (Wildman–Crippen LogP) is 0.000200. The van der Waals surface area contributed by atoms with E-state index >= 15 is 0 Å². The molecule has 4 rings (SSSR count). The van der Waals surface area contributed by atoms with E-state index in [9.17, 15) is 24.0 Å². The number of pyridine rings is 1. The van der Waals surface area contributed by atoms with Gasteiger partial charge >= 0.3 is 11.7 Å². The van der Waals surface area contributed by atoms with Crippen molar-refractivity contribution in [3.8, 4) is 0 Å². The second-order valence-electron chi connectivity index (χ2n) is 6.10. The average Bonchev–Trinajstić information content (AvgIpc) is 2.95. The quantitative estimate of drug-likeness (QED) is 0.574. The van der Waals surface area contributed by atoms with Gasteiger partial charge in [0.15, 0.2) is 5.69 Å². The number of hydrogen-bond acceptors (Lipinski definition) is 7. The summed E-state index contributed by atoms with van der Waals surface area (Å²) in [6.07, 6.45) is 0. The molecule has 0 spiro atoms. The Kier molecular flexibility index (Phi) is 3.70. The lowest BCUT2D eigenvalue weighted by molar-refractivity contribution is -0.0588. The molecule has 0 N–H and O–H groups in total. The molecule has 3 aromatic rings. The van der Waals surface area contributed by atoms with Crippen LogP contribution in [0.3, 0.4) is 0 Å². The first-order valence-corrected chi connectivity index (χ1v) is 8.08. The van der Waals surface area contributed by atoms with Crippen molar-refractivity contribution in [3.05, 3.63) is 74.1 Å². The second-order valence-corrected chi connectivity index (χ2v) is 6.10. The standard InChI is InChI=1S/C18H12N4O6/c1-20-13-11(14(23)21(2)18(20)27)7-8-12(19-13)17(26)28-22-15(24)9-5-3-4-6-10(9)16(22)25/h3-8H,1-2H3. The third-order valence-electron chi connectivity index (χ3n) is 4.44. The van der Waals surface area contributed by atoms with Gasteiger partial charge < -0.3 is 4.84 Å². The number of fused-ring (bicyclic) bond motifs is 2. The first kappa shape index (κ1) is 17.3. The highest BCUT2D eigenvalue weighted by atomic mass is 16.7. The lowest BCUT2D eigenvalue weighted by Gasteiger charge is -2.13. The van der Waals surface area contributed by atoms with E-state index in [0.29, 0.717) is 5.06 Å². The summed E-state index contributed by atoms with van der Waals surface area (Å²) in [4.78, 5) is 70.2. The molecule has 1 aliphatic rings. The fraction of sp³-hybridized carbons (Fsp3) is 0.111. The Morgan fingerprint density at radius 3 is 2.11 bits per heavy atom. The Hall–Kier alpha value is -4.08. The normalized spacial score (nSPS) is 13.1. The van der Waals surface area contributed by atoms with Gasteiger partial charge in [0.2, 0.25) is 0 Å². The summed E-state index contributed by atoms with van der Waals surface area (Å²) < 4.78 is 2.02. The largest absolute Gasteiger partial charge is 0.382 e. The van der Waals surface area contributed by atoms with E-state index in [1.807, 2.05) is 0 Å². The summed E-state index contributed by atoms with van der Waals surface area (Å²) in [7, 11) is 2.73. The Morgan fingerprint density at radius 1 is 0.893 bits per heavy atom. The average molecular weight is 380 g/mol. The van der Waals surface area contributed by atoms with E-state index in [0.717, 1.165) is 9.13 Å². The van der Waals surface area contributed by atoms with Crippen LogP contribution in [0.2, 0.25) is 0 Å². The van der Waals surface area contributed by atoms with Crippen molar-refractivity contribution in [1.82, 2.24) is 19.2 Å². The minimum atomic E-state index is -1.08. The lowest BCUT2D eigenvalue weighted by atomic mass is 10.1. The van der Waals surface area contributed by atoms with Gasteiger partial charge in [-0.3, -0.25) is 23.5 Å². The number of hydroxylamine groups is 2. The highest BCUT2D eigenvalue weighted by Crippen LogP contribution is 2.23. The van der Waals surface area contributed by atoms with E-state index in [-0.39, 0.29) is 27.9 Å². The number of aryl methyl sites for hydroxylation is 1. The second kappa shape index (κ2) is 5.98. The fourth-order valence-electron chi connectivity index (χ4n) is 2.95. The number of hydrogen-bond donors (Lipinski definition) is 0. The minimum absolute atomic E-state index is 0.0232. The zero-order chi connectivity index (χ0) is 20.2. The number of aromatic nitrogens is 3. The van der Waals surface area contributed by atoms with Gasteiger partial charge in [-0.25, -0.2) is 14.6 Å². The monoisotopic (exact) mass is 380 g/mol. The minimum Gasteiger partial charge on any atom is -0.323 e. The van der Waals surface area contributed by atoms with Gasteiger partial charge in [0.1, 0.15) is 5.65 Å². The highest BCUT2D eigenvalue weighted by Gasteiger charge is 2.39. The van der Waals surface area contributed by atoms with Crippen molar-refractivity contribution in [2.24, 2.45) is 14.1 Å². The van der Waals surface area contributed by atoms with Crippen LogP contribution in [0.1, 0.15) is 31.2 Å². The summed E-state index contributed by atoms with van der Waals surface area (Å²) in [6.45, 7) is 0. The van der Waals surface area contributed by atoms with Crippen LogP contribution in [0.25, 0.3) is 11.0 Å². The molecular weight excluding hydrogens is 368 g/mol. The molecule has 1 aromatic carbocycles. The van der Waals surface area contributed by atoms with Crippen molar-refractivity contribution in [3.63, 3.8) is 0 Å². The predicted molar refractivity (Wildman–Crippen MR) is 94.6 cm³/mol. The maximum atomic E-state index is 12.4. The van der Waals surface area contributed by atoms with Crippen LogP contribution in [-0.4, -0.2) is 37.0 Å². The molecule has 0 unspecified atom stereocenters. The first-order chi connectivity index (χ1) is 13.3. The molecule has 3 heterocycles. The van der Waals surface area contributed by atoms with Crippen molar-refractivity contribution in [2.45, 2.75) is 0 Å². The molecule has 140 valence electrons. The molecule has 0 aliphatic carbocycles. The maximum absolute atomic E-state index is 12.4. The molecule has 0 saturated carbocycles. The van der Waals surface area contributed by atoms with E-state index < -0.39 is 29.0 Å². The summed E-state index contributed by atoms with van der Waals surface area (Å²) in [5.74, 6) is -2.61. The van der Waals surface area contributed by atoms with Gasteiger partial charge in [0.05, 0.1) is 16.5 Å². The molecule has 10 heteroatoms. The van der Waals surface area contributed by atoms with E-state index in [1.165, 1.54) is 38.4 Å². The molecule has 2 amide bonds. The summed E-state index contributed by atoms with van der Waals surface area (Å²) >= 11 is 0. The number of carbonyl (C=O) groups excluding carboxylic acids is 3. The van der Waals surface area contributed by atoms with Crippen LogP contribution in [0, 0.1) is 0 Å². The Balaban J connectivity index is 1.71. The third-order valence-corrected chi connectivity index (χ3v) is 4.44. The lowest BCUT2D eigenvalue weighted by Crippen LogP contribution is -2.37. The van der Waals surface area contributed by atoms with Crippen LogP contribution < -0.4 is 11.2 Å². The number of nitrogens with zero attached hydrogens (tertiary/aromatic N) is 4. The third kappa shape index (κ3) is 2.35. The summed E-state index contributed by atoms with van der Waals surface area (Å²) in [6, 6.07) is 8.60. The van der Waals surface area contributed by atoms with Crippen molar-refractivity contribution >= 4 is 28.8 Å². The number of carbonyl (C=O) groups is 3. The van der Waals surface area contributed by atoms with Crippen LogP contribution >= 0.6 is 0 Å². The maximum Gasteiger partial charge on any atom is 0.382 e. The number of amides is 2. The van der Waals surface area contributed by atoms with E-state index in [1.54, 1.807) is 12.1 Å². The van der Waals surface area contributed by atoms with E-state index in [2.05, 4.69) is 4.98 Å². The van der Waals surface area contributed by atoms with Crippen molar-refractivity contribution in [2.75, 3.05) is 0 Å². The van der Waals surface area contributed by atoms with Gasteiger partial charge in [-0.05, 0) is 24.3 Å². The van der Waals surface area contributed by atoms with Crippen molar-refractivity contribution in [1.29, 1.82) is 0 Å². The zero-order valence-electron chi connectivity index (χ0n) is 14.7. The fourth-order valence-corrected chi connectivity index (χ4v) is 2.95. The van der Waals surface area contributed by atoms with Crippen LogP contribution in [-0.2, 0) is 18.9 Å². The Bertz CT molecular complexity index is 1280. The van der Waals surface area contributed by atoms with Crippen LogP contribution in [0.15, 0.2) is 46.0 Å². The van der Waals surface area contributed by atoms with Gasteiger partial charge in [-0.1, -0.05) is 17.2 Å². The summed E-state index contributed by atoms with van der Waals surface area (Å²) in [5, 5.41) is 0.490. The molecule has 28 heavy (non-hydrogen) atoms. The SMILES string of the molecule is Cn1c(=O)c2ccc(C(=O)ON3C(=O)c4ccccc4C3=O)nc2n(C)c1=O. The highest BCUT2D eigenvalue weighted by molar-refractivity contribution is 6.21. The number of rotatable bonds is 2. The zero-order valence-corrected chi connectivity index (χ0v) is 14.7. The van der Waals surface area contributed by atoms with Crippen LogP contribution in [0.5, 0.6) is 0 Å². The molecule has 10 nitrogen and oxygen atoms in total. The molecular formula is C18H12N4O6. The number of imide groups is 1. The molecule has 0 saturated heterocycles. The number of benzene rings is 1. The molecule has 0 bridgehead atoms. The smallest absolute Gasteiger partial charge is 0.323 e. The molecule has 0 fully saturated rings. The molecule has 1 aliphatic heterocycles. The van der Waals surface area contributed by atoms with Crippen LogP contribution in [0.4, 0.5) is 0 Å². The Morgan fingerprint density at radius 2 is 1.50 bits per heavy atom. The van der Waals surface area contributed by atoms with Gasteiger partial charge in [0, 0.05) is 14.1 Å². The topological polar surface area (TPSA) is 121 Å². The summed E-state index contributed by atoms with van der Waals surface area (Å²) in [5.41, 5.74) is -1.23. The first-order valence-electron chi connectivity index (χ1n) is 8.08. The van der Waals surface area contributed by atoms with Crippen molar-refractivity contribution < 1.29 is 19.2 Å². The van der Waals surface area contributed by atoms with Gasteiger partial charge in [-0.2, -0.15) is 0 Å². The van der Waals surface area contributed by atoms with Gasteiger partial charge in [0.25, 0.3) is 17.4 Å². The Labute approximate surface area is 156 Å². The van der Waals surface area contributed by atoms with Gasteiger partial charge in [-0.15, -0.1) is 0 Å². The van der Waals surface area contributed by atoms with E-state index in [4.69, 9.17) is 4.84 Å². The molecule has 2 aromatic heterocycles. The molecule has 0 radical (unpaired) electrons.